The maximum atomic E-state index is 10.2. The van der Waals surface area contributed by atoms with Crippen molar-refractivity contribution in [2.24, 2.45) is 0 Å². The first-order valence-corrected chi connectivity index (χ1v) is 5.77. The fraction of sp³-hybridized carbons (Fsp3) is 0.0714. The van der Waals surface area contributed by atoms with Crippen molar-refractivity contribution in [3.05, 3.63) is 60.2 Å². The van der Waals surface area contributed by atoms with Crippen LogP contribution in [0.15, 0.2) is 54.6 Å². The zero-order valence-corrected chi connectivity index (χ0v) is 10.2. The summed E-state index contributed by atoms with van der Waals surface area (Å²) in [5, 5.41) is 18.6. The largest absolute Gasteiger partial charge is 0.481 e. The summed E-state index contributed by atoms with van der Waals surface area (Å²) in [6.45, 7) is 0. The number of rotatable bonds is 2. The molecule has 3 rings (SSSR count). The number of nitrogens with one attached hydrogen (secondary N) is 1. The Balaban J connectivity index is 0.000000141. The Labute approximate surface area is 109 Å². The summed E-state index contributed by atoms with van der Waals surface area (Å²) in [6.07, 6.45) is 0.112. The maximum absolute atomic E-state index is 10.2. The topological polar surface area (TPSA) is 78.9 Å². The van der Waals surface area contributed by atoms with Crippen LogP contribution in [-0.4, -0.2) is 26.5 Å². The number of fused-ring (bicyclic) bond motifs is 1. The van der Waals surface area contributed by atoms with Gasteiger partial charge in [-0.3, -0.25) is 9.89 Å². The SMILES string of the molecule is O=C(O)Cc1ccccc1.c1ccc2[nH]nnc2c1. The standard InChI is InChI=1S/C8H8O2.C6H5N3/c9-8(10)6-7-4-2-1-3-5-7;1-2-4-6-5(3-1)7-9-8-6/h1-5H,6H2,(H,9,10);1-4H,(H,7,8,9). The van der Waals surface area contributed by atoms with Crippen molar-refractivity contribution in [2.45, 2.75) is 6.42 Å². The summed E-state index contributed by atoms with van der Waals surface area (Å²) in [6, 6.07) is 16.9. The molecule has 5 heteroatoms. The lowest BCUT2D eigenvalue weighted by Crippen LogP contribution is -1.98. The number of benzene rings is 2. The van der Waals surface area contributed by atoms with Gasteiger partial charge in [0.05, 0.1) is 11.9 Å². The lowest BCUT2D eigenvalue weighted by Gasteiger charge is -1.92. The van der Waals surface area contributed by atoms with E-state index in [0.717, 1.165) is 16.6 Å². The van der Waals surface area contributed by atoms with Crippen LogP contribution in [-0.2, 0) is 11.2 Å². The van der Waals surface area contributed by atoms with Gasteiger partial charge in [-0.15, -0.1) is 5.10 Å². The number of aromatic nitrogens is 3. The van der Waals surface area contributed by atoms with E-state index in [4.69, 9.17) is 5.11 Å². The summed E-state index contributed by atoms with van der Waals surface area (Å²) in [7, 11) is 0. The number of H-pyrrole nitrogens is 1. The molecule has 5 nitrogen and oxygen atoms in total. The molecule has 1 aromatic heterocycles. The second-order valence-corrected chi connectivity index (χ2v) is 3.89. The molecule has 1 heterocycles. The Kier molecular flexibility index (Phi) is 4.23. The summed E-state index contributed by atoms with van der Waals surface area (Å²) >= 11 is 0. The Morgan fingerprint density at radius 2 is 1.74 bits per heavy atom. The highest BCUT2D eigenvalue weighted by atomic mass is 16.4. The van der Waals surface area contributed by atoms with Gasteiger partial charge in [-0.25, -0.2) is 0 Å². The molecule has 0 aliphatic carbocycles. The van der Waals surface area contributed by atoms with Gasteiger partial charge in [-0.05, 0) is 17.7 Å². The maximum Gasteiger partial charge on any atom is 0.307 e. The van der Waals surface area contributed by atoms with E-state index in [1.165, 1.54) is 0 Å². The molecule has 96 valence electrons. The highest BCUT2D eigenvalue weighted by molar-refractivity contribution is 5.72. The predicted molar refractivity (Wildman–Crippen MR) is 71.7 cm³/mol. The summed E-state index contributed by atoms with van der Waals surface area (Å²) < 4.78 is 0. The minimum absolute atomic E-state index is 0.112. The zero-order valence-electron chi connectivity index (χ0n) is 10.2. The summed E-state index contributed by atoms with van der Waals surface area (Å²) in [4.78, 5) is 10.2. The summed E-state index contributed by atoms with van der Waals surface area (Å²) in [5.41, 5.74) is 2.74. The molecule has 0 radical (unpaired) electrons. The van der Waals surface area contributed by atoms with E-state index in [9.17, 15) is 4.79 Å². The van der Waals surface area contributed by atoms with Crippen molar-refractivity contribution >= 4 is 17.0 Å². The van der Waals surface area contributed by atoms with Gasteiger partial charge >= 0.3 is 5.97 Å². The van der Waals surface area contributed by atoms with Gasteiger partial charge in [-0.2, -0.15) is 0 Å². The molecule has 0 unspecified atom stereocenters. The average Bonchev–Trinajstić information content (AvgIpc) is 2.88. The molecule has 0 aliphatic rings. The molecular weight excluding hydrogens is 242 g/mol. The second kappa shape index (κ2) is 6.30. The molecule has 19 heavy (non-hydrogen) atoms. The van der Waals surface area contributed by atoms with Gasteiger partial charge in [0.2, 0.25) is 0 Å². The Morgan fingerprint density at radius 1 is 1.05 bits per heavy atom. The third kappa shape index (κ3) is 3.92. The minimum atomic E-state index is -0.786. The molecule has 0 aliphatic heterocycles. The molecular formula is C14H13N3O2. The Bertz CT molecular complexity index is 620. The van der Waals surface area contributed by atoms with Gasteiger partial charge in [-0.1, -0.05) is 47.7 Å². The molecule has 0 saturated heterocycles. The van der Waals surface area contributed by atoms with Crippen molar-refractivity contribution in [3.8, 4) is 0 Å². The van der Waals surface area contributed by atoms with Crippen molar-refractivity contribution in [3.63, 3.8) is 0 Å². The Morgan fingerprint density at radius 3 is 2.42 bits per heavy atom. The van der Waals surface area contributed by atoms with E-state index in [1.807, 2.05) is 42.5 Å². The van der Waals surface area contributed by atoms with Gasteiger partial charge in [0.1, 0.15) is 5.52 Å². The van der Waals surface area contributed by atoms with Crippen LogP contribution in [0.1, 0.15) is 5.56 Å². The van der Waals surface area contributed by atoms with E-state index >= 15 is 0 Å². The first-order chi connectivity index (χ1) is 9.25. The van der Waals surface area contributed by atoms with E-state index in [0.29, 0.717) is 0 Å². The molecule has 2 N–H and O–H groups in total. The third-order valence-electron chi connectivity index (χ3n) is 2.43. The van der Waals surface area contributed by atoms with Gasteiger partial charge in [0.15, 0.2) is 0 Å². The van der Waals surface area contributed by atoms with Crippen molar-refractivity contribution < 1.29 is 9.90 Å². The van der Waals surface area contributed by atoms with Crippen LogP contribution < -0.4 is 0 Å². The van der Waals surface area contributed by atoms with Gasteiger partial charge in [0.25, 0.3) is 0 Å². The number of carboxylic acid groups (broad SMARTS) is 1. The van der Waals surface area contributed by atoms with Crippen LogP contribution in [0.4, 0.5) is 0 Å². The monoisotopic (exact) mass is 255 g/mol. The van der Waals surface area contributed by atoms with Crippen LogP contribution >= 0.6 is 0 Å². The number of para-hydroxylation sites is 1. The second-order valence-electron chi connectivity index (χ2n) is 3.89. The number of carbonyl (C=O) groups is 1. The van der Waals surface area contributed by atoms with E-state index < -0.39 is 5.97 Å². The molecule has 0 spiro atoms. The quantitative estimate of drug-likeness (QED) is 0.736. The van der Waals surface area contributed by atoms with Crippen molar-refractivity contribution in [1.29, 1.82) is 0 Å². The highest BCUT2D eigenvalue weighted by Gasteiger charge is 1.96. The fourth-order valence-electron chi connectivity index (χ4n) is 1.56. The molecule has 0 bridgehead atoms. The third-order valence-corrected chi connectivity index (χ3v) is 2.43. The summed E-state index contributed by atoms with van der Waals surface area (Å²) in [5.74, 6) is -0.786. The van der Waals surface area contributed by atoms with Crippen LogP contribution in [0.5, 0.6) is 0 Å². The smallest absolute Gasteiger partial charge is 0.307 e. The zero-order chi connectivity index (χ0) is 13.5. The molecule has 0 saturated carbocycles. The average molecular weight is 255 g/mol. The Hall–Kier alpha value is -2.69. The lowest BCUT2D eigenvalue weighted by atomic mass is 10.2. The highest BCUT2D eigenvalue weighted by Crippen LogP contribution is 2.03. The first-order valence-electron chi connectivity index (χ1n) is 5.77. The van der Waals surface area contributed by atoms with Crippen LogP contribution in [0, 0.1) is 0 Å². The number of nitrogens with zero attached hydrogens (tertiary/aromatic N) is 2. The van der Waals surface area contributed by atoms with Crippen molar-refractivity contribution in [2.75, 3.05) is 0 Å². The predicted octanol–water partition coefficient (Wildman–Crippen LogP) is 2.27. The van der Waals surface area contributed by atoms with Gasteiger partial charge < -0.3 is 5.11 Å². The molecule has 0 fully saturated rings. The molecule has 2 aromatic carbocycles. The minimum Gasteiger partial charge on any atom is -0.481 e. The van der Waals surface area contributed by atoms with Crippen molar-refractivity contribution in [1.82, 2.24) is 15.4 Å². The van der Waals surface area contributed by atoms with Gasteiger partial charge in [0, 0.05) is 0 Å². The number of aliphatic carboxylic acids is 1. The molecule has 3 aromatic rings. The number of hydrogen-bond donors (Lipinski definition) is 2. The molecule has 0 amide bonds. The van der Waals surface area contributed by atoms with E-state index in [2.05, 4.69) is 15.4 Å². The van der Waals surface area contributed by atoms with Crippen LogP contribution in [0.25, 0.3) is 11.0 Å². The van der Waals surface area contributed by atoms with Crippen LogP contribution in [0.3, 0.4) is 0 Å². The number of carboxylic acids is 1. The fourth-order valence-corrected chi connectivity index (χ4v) is 1.56. The lowest BCUT2D eigenvalue weighted by molar-refractivity contribution is -0.136. The van der Waals surface area contributed by atoms with Crippen LogP contribution in [0.2, 0.25) is 0 Å². The molecule has 0 atom stereocenters. The number of aromatic amines is 1. The van der Waals surface area contributed by atoms with E-state index in [1.54, 1.807) is 12.1 Å². The van der Waals surface area contributed by atoms with E-state index in [-0.39, 0.29) is 6.42 Å². The number of hydrogen-bond acceptors (Lipinski definition) is 3. The first kappa shape index (κ1) is 12.8. The normalized spacial score (nSPS) is 9.68.